The molecule has 1 atom stereocenters. The van der Waals surface area contributed by atoms with Gasteiger partial charge in [0.25, 0.3) is 0 Å². The first-order valence-electron chi connectivity index (χ1n) is 12.1. The molecule has 5 rings (SSSR count). The van der Waals surface area contributed by atoms with Gasteiger partial charge in [-0.1, -0.05) is 31.4 Å². The largest absolute Gasteiger partial charge is 0.497 e. The fourth-order valence-electron chi connectivity index (χ4n) is 5.44. The van der Waals surface area contributed by atoms with E-state index in [2.05, 4.69) is 0 Å². The first-order chi connectivity index (χ1) is 16.0. The summed E-state index contributed by atoms with van der Waals surface area (Å²) in [5.74, 6) is 2.97. The molecule has 2 aromatic rings. The van der Waals surface area contributed by atoms with E-state index in [1.165, 1.54) is 19.3 Å². The first kappa shape index (κ1) is 21.9. The molecule has 1 unspecified atom stereocenters. The molecular formula is C26H32N4O3. The minimum atomic E-state index is 0.0518. The minimum absolute atomic E-state index is 0.0518. The van der Waals surface area contributed by atoms with Crippen LogP contribution < -0.4 is 9.64 Å². The summed E-state index contributed by atoms with van der Waals surface area (Å²) in [6, 6.07) is 7.77. The third-order valence-electron chi connectivity index (χ3n) is 7.41. The molecule has 1 aromatic heterocycles. The van der Waals surface area contributed by atoms with Crippen molar-refractivity contribution in [3.63, 3.8) is 0 Å². The molecule has 1 aromatic carbocycles. The SMILES string of the molecule is COc1ccc(CN2C(=O)Cc3c(C)nc(C4CCN(C(=O)C5CCCCC5)C4)nc32)cc1. The highest BCUT2D eigenvalue weighted by molar-refractivity contribution is 6.00. The summed E-state index contributed by atoms with van der Waals surface area (Å²) in [5, 5.41) is 0. The Morgan fingerprint density at radius 3 is 2.58 bits per heavy atom. The number of carbonyl (C=O) groups is 2. The fourth-order valence-corrected chi connectivity index (χ4v) is 5.44. The van der Waals surface area contributed by atoms with E-state index in [-0.39, 0.29) is 17.7 Å². The van der Waals surface area contributed by atoms with Gasteiger partial charge in [-0.2, -0.15) is 0 Å². The molecular weight excluding hydrogens is 416 g/mol. The van der Waals surface area contributed by atoms with Gasteiger partial charge in [-0.3, -0.25) is 14.5 Å². The zero-order valence-electron chi connectivity index (χ0n) is 19.5. The number of hydrogen-bond donors (Lipinski definition) is 0. The molecule has 3 heterocycles. The number of fused-ring (bicyclic) bond motifs is 1. The van der Waals surface area contributed by atoms with Crippen LogP contribution in [0.2, 0.25) is 0 Å². The summed E-state index contributed by atoms with van der Waals surface area (Å²) in [7, 11) is 1.64. The van der Waals surface area contributed by atoms with Crippen LogP contribution in [0.4, 0.5) is 5.82 Å². The number of nitrogens with zero attached hydrogens (tertiary/aromatic N) is 4. The van der Waals surface area contributed by atoms with Crippen LogP contribution in [0.3, 0.4) is 0 Å². The lowest BCUT2D eigenvalue weighted by atomic mass is 9.88. The summed E-state index contributed by atoms with van der Waals surface area (Å²) in [6.45, 7) is 3.89. The molecule has 0 radical (unpaired) electrons. The number of likely N-dealkylation sites (tertiary alicyclic amines) is 1. The summed E-state index contributed by atoms with van der Waals surface area (Å²) >= 11 is 0. The maximum absolute atomic E-state index is 13.0. The number of aryl methyl sites for hydroxylation is 1. The van der Waals surface area contributed by atoms with Gasteiger partial charge in [0.05, 0.1) is 20.1 Å². The molecule has 33 heavy (non-hydrogen) atoms. The number of anilines is 1. The van der Waals surface area contributed by atoms with Crippen LogP contribution in [0.1, 0.15) is 67.1 Å². The molecule has 3 aliphatic rings. The highest BCUT2D eigenvalue weighted by Crippen LogP contribution is 2.35. The van der Waals surface area contributed by atoms with Gasteiger partial charge in [-0.25, -0.2) is 9.97 Å². The van der Waals surface area contributed by atoms with Crippen molar-refractivity contribution in [2.45, 2.75) is 64.3 Å². The van der Waals surface area contributed by atoms with Gasteiger partial charge in [0.1, 0.15) is 17.4 Å². The number of ether oxygens (including phenoxy) is 1. The maximum Gasteiger partial charge on any atom is 0.233 e. The molecule has 7 nitrogen and oxygen atoms in total. The Hall–Kier alpha value is -2.96. The van der Waals surface area contributed by atoms with E-state index >= 15 is 0 Å². The molecule has 174 valence electrons. The monoisotopic (exact) mass is 448 g/mol. The Morgan fingerprint density at radius 1 is 1.09 bits per heavy atom. The minimum Gasteiger partial charge on any atom is -0.497 e. The van der Waals surface area contributed by atoms with Gasteiger partial charge < -0.3 is 9.64 Å². The van der Waals surface area contributed by atoms with E-state index < -0.39 is 0 Å². The number of carbonyl (C=O) groups excluding carboxylic acids is 2. The van der Waals surface area contributed by atoms with Crippen molar-refractivity contribution in [3.05, 3.63) is 46.9 Å². The second-order valence-corrected chi connectivity index (χ2v) is 9.58. The van der Waals surface area contributed by atoms with Crippen LogP contribution in [-0.2, 0) is 22.6 Å². The molecule has 1 saturated heterocycles. The standard InChI is InChI=1S/C26H32N4O3/c1-17-22-14-23(31)30(15-18-8-10-21(33-2)11-9-18)25(22)28-24(27-17)20-12-13-29(16-20)26(32)19-6-4-3-5-7-19/h8-11,19-20H,3-7,12-16H2,1-2H3. The van der Waals surface area contributed by atoms with E-state index in [9.17, 15) is 9.59 Å². The van der Waals surface area contributed by atoms with E-state index in [1.54, 1.807) is 12.0 Å². The van der Waals surface area contributed by atoms with Crippen LogP contribution >= 0.6 is 0 Å². The Morgan fingerprint density at radius 2 is 1.85 bits per heavy atom. The Balaban J connectivity index is 1.34. The van der Waals surface area contributed by atoms with Crippen molar-refractivity contribution in [2.75, 3.05) is 25.1 Å². The zero-order valence-corrected chi connectivity index (χ0v) is 19.5. The average Bonchev–Trinajstić information content (AvgIpc) is 3.45. The number of methoxy groups -OCH3 is 1. The van der Waals surface area contributed by atoms with Gasteiger partial charge in [-0.05, 0) is 43.9 Å². The first-order valence-corrected chi connectivity index (χ1v) is 12.1. The van der Waals surface area contributed by atoms with Gasteiger partial charge in [0.2, 0.25) is 11.8 Å². The predicted molar refractivity (Wildman–Crippen MR) is 125 cm³/mol. The van der Waals surface area contributed by atoms with E-state index in [0.717, 1.165) is 60.0 Å². The lowest BCUT2D eigenvalue weighted by Crippen LogP contribution is -2.35. The quantitative estimate of drug-likeness (QED) is 0.696. The Labute approximate surface area is 195 Å². The average molecular weight is 449 g/mol. The second kappa shape index (κ2) is 9.12. The van der Waals surface area contributed by atoms with Crippen LogP contribution in [-0.4, -0.2) is 46.9 Å². The van der Waals surface area contributed by atoms with Crippen molar-refractivity contribution >= 4 is 17.6 Å². The topological polar surface area (TPSA) is 75.6 Å². The van der Waals surface area contributed by atoms with E-state index in [4.69, 9.17) is 14.7 Å². The molecule has 1 saturated carbocycles. The van der Waals surface area contributed by atoms with Crippen molar-refractivity contribution in [3.8, 4) is 5.75 Å². The van der Waals surface area contributed by atoms with E-state index in [1.807, 2.05) is 36.1 Å². The third kappa shape index (κ3) is 4.33. The molecule has 2 amide bonds. The molecule has 2 fully saturated rings. The van der Waals surface area contributed by atoms with Crippen molar-refractivity contribution in [1.82, 2.24) is 14.9 Å². The van der Waals surface area contributed by atoms with Crippen molar-refractivity contribution in [1.29, 1.82) is 0 Å². The van der Waals surface area contributed by atoms with Crippen LogP contribution in [0, 0.1) is 12.8 Å². The smallest absolute Gasteiger partial charge is 0.233 e. The van der Waals surface area contributed by atoms with Crippen molar-refractivity contribution < 1.29 is 14.3 Å². The lowest BCUT2D eigenvalue weighted by Gasteiger charge is -2.26. The van der Waals surface area contributed by atoms with Crippen LogP contribution in [0.25, 0.3) is 0 Å². The van der Waals surface area contributed by atoms with Gasteiger partial charge in [-0.15, -0.1) is 0 Å². The summed E-state index contributed by atoms with van der Waals surface area (Å²) in [6.07, 6.45) is 6.85. The summed E-state index contributed by atoms with van der Waals surface area (Å²) in [4.78, 5) is 39.3. The molecule has 0 spiro atoms. The van der Waals surface area contributed by atoms with E-state index in [0.29, 0.717) is 25.4 Å². The van der Waals surface area contributed by atoms with Gasteiger partial charge in [0, 0.05) is 36.2 Å². The van der Waals surface area contributed by atoms with Gasteiger partial charge >= 0.3 is 0 Å². The highest BCUT2D eigenvalue weighted by Gasteiger charge is 2.36. The number of hydrogen-bond acceptors (Lipinski definition) is 5. The fraction of sp³-hybridized carbons (Fsp3) is 0.538. The third-order valence-corrected chi connectivity index (χ3v) is 7.41. The number of rotatable bonds is 5. The number of amides is 2. The summed E-state index contributed by atoms with van der Waals surface area (Å²) < 4.78 is 5.24. The summed E-state index contributed by atoms with van der Waals surface area (Å²) in [5.41, 5.74) is 2.82. The molecule has 0 bridgehead atoms. The van der Waals surface area contributed by atoms with Crippen molar-refractivity contribution in [2.24, 2.45) is 5.92 Å². The Kier molecular flexibility index (Phi) is 6.04. The van der Waals surface area contributed by atoms with Crippen LogP contribution in [0.15, 0.2) is 24.3 Å². The maximum atomic E-state index is 13.0. The molecule has 1 aliphatic carbocycles. The van der Waals surface area contributed by atoms with Gasteiger partial charge in [0.15, 0.2) is 0 Å². The number of aromatic nitrogens is 2. The predicted octanol–water partition coefficient (Wildman–Crippen LogP) is 3.78. The highest BCUT2D eigenvalue weighted by atomic mass is 16.5. The van der Waals surface area contributed by atoms with Crippen LogP contribution in [0.5, 0.6) is 5.75 Å². The normalized spacial score (nSPS) is 20.9. The molecule has 7 heteroatoms. The lowest BCUT2D eigenvalue weighted by molar-refractivity contribution is -0.135. The second-order valence-electron chi connectivity index (χ2n) is 9.58. The zero-order chi connectivity index (χ0) is 22.9. The Bertz CT molecular complexity index is 1050. The number of benzene rings is 1. The molecule has 2 aliphatic heterocycles. The molecule has 0 N–H and O–H groups in total.